The molecule has 0 aliphatic heterocycles. The van der Waals surface area contributed by atoms with Crippen molar-refractivity contribution < 1.29 is 18.3 Å². The highest BCUT2D eigenvalue weighted by Gasteiger charge is 2.21. The van der Waals surface area contributed by atoms with Crippen molar-refractivity contribution in [3.8, 4) is 5.75 Å². The third-order valence-corrected chi connectivity index (χ3v) is 3.72. The van der Waals surface area contributed by atoms with E-state index in [1.807, 2.05) is 0 Å². The predicted octanol–water partition coefficient (Wildman–Crippen LogP) is 3.78. The van der Waals surface area contributed by atoms with Crippen molar-refractivity contribution in [1.82, 2.24) is 5.32 Å². The van der Waals surface area contributed by atoms with Gasteiger partial charge in [0.2, 0.25) is 0 Å². The van der Waals surface area contributed by atoms with E-state index in [4.69, 9.17) is 10.5 Å². The number of hydrogen-bond acceptors (Lipinski definition) is 3. The highest BCUT2D eigenvalue weighted by molar-refractivity contribution is 5.95. The van der Waals surface area contributed by atoms with E-state index in [-0.39, 0.29) is 18.8 Å². The molecule has 1 amide bonds. The molecule has 0 spiro atoms. The fourth-order valence-corrected chi connectivity index (χ4v) is 2.37. The molecule has 1 aromatic rings. The summed E-state index contributed by atoms with van der Waals surface area (Å²) in [5.74, 6) is -2.80. The van der Waals surface area contributed by atoms with E-state index in [1.54, 1.807) is 0 Å². The molecule has 0 bridgehead atoms. The minimum atomic E-state index is -0.965. The monoisotopic (exact) mass is 342 g/mol. The summed E-state index contributed by atoms with van der Waals surface area (Å²) in [4.78, 5) is 11.8. The predicted molar refractivity (Wildman–Crippen MR) is 91.2 cm³/mol. The fourth-order valence-electron chi connectivity index (χ4n) is 2.37. The van der Waals surface area contributed by atoms with Gasteiger partial charge < -0.3 is 15.8 Å². The van der Waals surface area contributed by atoms with Crippen LogP contribution in [0.2, 0.25) is 0 Å². The summed E-state index contributed by atoms with van der Waals surface area (Å²) >= 11 is 0. The molecule has 1 aromatic carbocycles. The summed E-state index contributed by atoms with van der Waals surface area (Å²) in [5.41, 5.74) is 4.64. The van der Waals surface area contributed by atoms with Gasteiger partial charge in [-0.3, -0.25) is 4.79 Å². The number of carbonyl (C=O) groups excluding carboxylic acids is 1. The number of carbonyl (C=O) groups is 1. The second-order valence-electron chi connectivity index (χ2n) is 5.75. The third-order valence-electron chi connectivity index (χ3n) is 3.72. The van der Waals surface area contributed by atoms with Gasteiger partial charge in [-0.15, -0.1) is 0 Å². The molecule has 0 aromatic heterocycles. The van der Waals surface area contributed by atoms with Gasteiger partial charge in [-0.25, -0.2) is 8.78 Å². The SMILES string of the molecule is CCCCCCCCCOc1ccc(F)c(C(=O)NCCN)c1F. The molecular formula is C18H28F2N2O2. The molecule has 24 heavy (non-hydrogen) atoms. The van der Waals surface area contributed by atoms with Crippen molar-refractivity contribution in [2.45, 2.75) is 51.9 Å². The standard InChI is InChI=1S/C18H28F2N2O2/c1-2-3-4-5-6-7-8-13-24-15-10-9-14(19)16(17(15)20)18(23)22-12-11-21/h9-10H,2-8,11-13,21H2,1H3,(H,22,23). The first kappa shape index (κ1) is 20.4. The van der Waals surface area contributed by atoms with Gasteiger partial charge >= 0.3 is 0 Å². The van der Waals surface area contributed by atoms with E-state index in [2.05, 4.69) is 12.2 Å². The molecule has 3 N–H and O–H groups in total. The smallest absolute Gasteiger partial charge is 0.257 e. The topological polar surface area (TPSA) is 64.3 Å². The number of halogens is 2. The quantitative estimate of drug-likeness (QED) is 0.568. The summed E-state index contributed by atoms with van der Waals surface area (Å²) in [6, 6.07) is 2.26. The average Bonchev–Trinajstić information content (AvgIpc) is 2.57. The summed E-state index contributed by atoms with van der Waals surface area (Å²) in [5, 5.41) is 2.36. The van der Waals surface area contributed by atoms with Crippen LogP contribution in [0.4, 0.5) is 8.78 Å². The van der Waals surface area contributed by atoms with Crippen LogP contribution in [-0.4, -0.2) is 25.6 Å². The average molecular weight is 342 g/mol. The summed E-state index contributed by atoms with van der Waals surface area (Å²) in [6.07, 6.45) is 7.85. The van der Waals surface area contributed by atoms with Gasteiger partial charge in [0.15, 0.2) is 11.6 Å². The Bertz CT molecular complexity index is 510. The first-order valence-corrected chi connectivity index (χ1v) is 8.70. The molecule has 0 radical (unpaired) electrons. The van der Waals surface area contributed by atoms with Crippen LogP contribution in [0.5, 0.6) is 5.75 Å². The Morgan fingerprint density at radius 3 is 2.46 bits per heavy atom. The molecule has 136 valence electrons. The van der Waals surface area contributed by atoms with Crippen LogP contribution in [-0.2, 0) is 0 Å². The Balaban J connectivity index is 2.47. The van der Waals surface area contributed by atoms with Crippen molar-refractivity contribution in [3.63, 3.8) is 0 Å². The lowest BCUT2D eigenvalue weighted by Gasteiger charge is -2.11. The molecule has 0 atom stereocenters. The van der Waals surface area contributed by atoms with E-state index in [1.165, 1.54) is 31.7 Å². The molecule has 0 heterocycles. The molecule has 0 saturated heterocycles. The molecular weight excluding hydrogens is 314 g/mol. The Morgan fingerprint density at radius 2 is 1.79 bits per heavy atom. The highest BCUT2D eigenvalue weighted by Crippen LogP contribution is 2.23. The maximum absolute atomic E-state index is 14.3. The normalized spacial score (nSPS) is 10.7. The van der Waals surface area contributed by atoms with Crippen molar-refractivity contribution >= 4 is 5.91 Å². The summed E-state index contributed by atoms with van der Waals surface area (Å²) < 4.78 is 33.3. The van der Waals surface area contributed by atoms with Gasteiger partial charge in [0.25, 0.3) is 5.91 Å². The second-order valence-corrected chi connectivity index (χ2v) is 5.75. The molecule has 4 nitrogen and oxygen atoms in total. The van der Waals surface area contributed by atoms with Gasteiger partial charge in [0, 0.05) is 13.1 Å². The zero-order valence-electron chi connectivity index (χ0n) is 14.4. The van der Waals surface area contributed by atoms with Crippen molar-refractivity contribution in [1.29, 1.82) is 0 Å². The number of unbranched alkanes of at least 4 members (excludes halogenated alkanes) is 6. The largest absolute Gasteiger partial charge is 0.490 e. The fraction of sp³-hybridized carbons (Fsp3) is 0.611. The first-order chi connectivity index (χ1) is 11.6. The maximum atomic E-state index is 14.3. The lowest BCUT2D eigenvalue weighted by atomic mass is 10.1. The molecule has 0 saturated carbocycles. The molecule has 0 fully saturated rings. The highest BCUT2D eigenvalue weighted by atomic mass is 19.1. The van der Waals surface area contributed by atoms with E-state index in [0.29, 0.717) is 6.61 Å². The first-order valence-electron chi connectivity index (χ1n) is 8.70. The summed E-state index contributed by atoms with van der Waals surface area (Å²) in [7, 11) is 0. The lowest BCUT2D eigenvalue weighted by Crippen LogP contribution is -2.30. The number of amides is 1. The van der Waals surface area contributed by atoms with E-state index in [9.17, 15) is 13.6 Å². The Kier molecular flexibility index (Phi) is 10.00. The maximum Gasteiger partial charge on any atom is 0.257 e. The van der Waals surface area contributed by atoms with Crippen LogP contribution < -0.4 is 15.8 Å². The van der Waals surface area contributed by atoms with Crippen molar-refractivity contribution in [2.75, 3.05) is 19.7 Å². The van der Waals surface area contributed by atoms with Crippen LogP contribution in [0.15, 0.2) is 12.1 Å². The molecule has 0 aliphatic carbocycles. The zero-order chi connectivity index (χ0) is 17.8. The van der Waals surface area contributed by atoms with Gasteiger partial charge in [-0.05, 0) is 18.6 Å². The van der Waals surface area contributed by atoms with E-state index < -0.39 is 23.1 Å². The van der Waals surface area contributed by atoms with Crippen LogP contribution in [0.25, 0.3) is 0 Å². The Hall–Kier alpha value is -1.69. The van der Waals surface area contributed by atoms with Crippen LogP contribution in [0.3, 0.4) is 0 Å². The number of benzene rings is 1. The number of nitrogens with two attached hydrogens (primary N) is 1. The van der Waals surface area contributed by atoms with Gasteiger partial charge in [0.1, 0.15) is 11.4 Å². The van der Waals surface area contributed by atoms with Gasteiger partial charge in [-0.1, -0.05) is 45.4 Å². The van der Waals surface area contributed by atoms with Crippen LogP contribution in [0, 0.1) is 11.6 Å². The summed E-state index contributed by atoms with van der Waals surface area (Å²) in [6.45, 7) is 2.88. The minimum Gasteiger partial charge on any atom is -0.490 e. The molecule has 6 heteroatoms. The number of ether oxygens (including phenoxy) is 1. The molecule has 0 unspecified atom stereocenters. The molecule has 0 aliphatic rings. The zero-order valence-corrected chi connectivity index (χ0v) is 14.4. The van der Waals surface area contributed by atoms with E-state index in [0.717, 1.165) is 25.3 Å². The van der Waals surface area contributed by atoms with Crippen molar-refractivity contribution in [3.05, 3.63) is 29.3 Å². The second kappa shape index (κ2) is 11.8. The van der Waals surface area contributed by atoms with Crippen LogP contribution in [0.1, 0.15) is 62.2 Å². The third kappa shape index (κ3) is 6.83. The number of rotatable bonds is 12. The van der Waals surface area contributed by atoms with Gasteiger partial charge in [0.05, 0.1) is 6.61 Å². The minimum absolute atomic E-state index is 0.0970. The number of hydrogen-bond donors (Lipinski definition) is 2. The Labute approximate surface area is 142 Å². The lowest BCUT2D eigenvalue weighted by molar-refractivity contribution is 0.0945. The van der Waals surface area contributed by atoms with E-state index >= 15 is 0 Å². The van der Waals surface area contributed by atoms with Crippen molar-refractivity contribution in [2.24, 2.45) is 5.73 Å². The number of nitrogens with one attached hydrogen (secondary N) is 1. The van der Waals surface area contributed by atoms with Gasteiger partial charge in [-0.2, -0.15) is 0 Å². The van der Waals surface area contributed by atoms with Crippen LogP contribution >= 0.6 is 0 Å². The molecule has 1 rings (SSSR count). The Morgan fingerprint density at radius 1 is 1.12 bits per heavy atom.